The number of H-pyrrole nitrogens is 1. The molecule has 1 saturated heterocycles. The largest absolute Gasteiger partial charge is 0.496 e. The molecule has 3 rings (SSSR count). The molecule has 0 spiro atoms. The van der Waals surface area contributed by atoms with E-state index in [1.165, 1.54) is 0 Å². The monoisotopic (exact) mass is 318 g/mol. The summed E-state index contributed by atoms with van der Waals surface area (Å²) in [5.74, 6) is 0.360. The number of nitrogens with one attached hydrogen (secondary N) is 2. The number of fused-ring (bicyclic) bond motifs is 1. The number of amides is 1. The molecule has 1 aromatic carbocycles. The number of aromatic nitrogens is 3. The minimum atomic E-state index is -0.141. The van der Waals surface area contributed by atoms with E-state index in [1.54, 1.807) is 19.2 Å². The van der Waals surface area contributed by atoms with Crippen molar-refractivity contribution in [1.29, 1.82) is 0 Å². The summed E-state index contributed by atoms with van der Waals surface area (Å²) in [6.07, 6.45) is 0. The van der Waals surface area contributed by atoms with E-state index in [0.29, 0.717) is 22.3 Å². The number of hydrazine groups is 1. The van der Waals surface area contributed by atoms with Gasteiger partial charge in [0.1, 0.15) is 11.3 Å². The average molecular weight is 318 g/mol. The van der Waals surface area contributed by atoms with Crippen LogP contribution in [0.25, 0.3) is 11.0 Å². The number of carbonyl (C=O) groups is 1. The Morgan fingerprint density at radius 2 is 2.04 bits per heavy atom. The number of ether oxygens (including phenoxy) is 1. The van der Waals surface area contributed by atoms with Crippen molar-refractivity contribution in [2.75, 3.05) is 33.3 Å². The first-order valence-corrected chi connectivity index (χ1v) is 7.85. The fourth-order valence-corrected chi connectivity index (χ4v) is 3.03. The second kappa shape index (κ2) is 6.51. The molecule has 1 aliphatic rings. The molecule has 0 radical (unpaired) electrons. The Bertz CT molecular complexity index is 688. The smallest absolute Gasteiger partial charge is 0.255 e. The van der Waals surface area contributed by atoms with E-state index in [1.807, 2.05) is 0 Å². The van der Waals surface area contributed by atoms with Gasteiger partial charge in [-0.1, -0.05) is 19.1 Å². The molecule has 0 saturated carbocycles. The van der Waals surface area contributed by atoms with Crippen LogP contribution >= 0.6 is 0 Å². The van der Waals surface area contributed by atoms with Gasteiger partial charge in [0.15, 0.2) is 0 Å². The standard InChI is InChI=1S/C15H22N6O2/c1-4-20-8-10(9-21(20)5-2)16-15(22)11-6-12-13(18-19-17-12)7-14(11)23-3/h6-7,10H,4-5,8-9H2,1-3H3,(H,16,22)(H,17,18,19). The predicted molar refractivity (Wildman–Crippen MR) is 86.2 cm³/mol. The fourth-order valence-electron chi connectivity index (χ4n) is 3.03. The number of hydrogen-bond acceptors (Lipinski definition) is 6. The maximum absolute atomic E-state index is 12.7. The molecule has 2 N–H and O–H groups in total. The van der Waals surface area contributed by atoms with Crippen molar-refractivity contribution in [2.45, 2.75) is 19.9 Å². The zero-order valence-corrected chi connectivity index (χ0v) is 13.7. The number of nitrogens with zero attached hydrogens (tertiary/aromatic N) is 4. The van der Waals surface area contributed by atoms with Crippen LogP contribution in [0, 0.1) is 0 Å². The minimum Gasteiger partial charge on any atom is -0.496 e. The molecule has 8 heteroatoms. The van der Waals surface area contributed by atoms with E-state index in [2.05, 4.69) is 44.6 Å². The average Bonchev–Trinajstić information content (AvgIpc) is 3.18. The third kappa shape index (κ3) is 2.99. The molecule has 2 heterocycles. The highest BCUT2D eigenvalue weighted by Crippen LogP contribution is 2.24. The highest BCUT2D eigenvalue weighted by molar-refractivity contribution is 6.00. The quantitative estimate of drug-likeness (QED) is 0.841. The first kappa shape index (κ1) is 15.7. The topological polar surface area (TPSA) is 86.4 Å². The van der Waals surface area contributed by atoms with Gasteiger partial charge in [-0.2, -0.15) is 0 Å². The van der Waals surface area contributed by atoms with Crippen LogP contribution in [0.2, 0.25) is 0 Å². The Balaban J connectivity index is 1.78. The molecular formula is C15H22N6O2. The Morgan fingerprint density at radius 3 is 2.65 bits per heavy atom. The third-order valence-corrected chi connectivity index (χ3v) is 4.22. The first-order chi connectivity index (χ1) is 11.2. The van der Waals surface area contributed by atoms with E-state index in [4.69, 9.17) is 4.74 Å². The summed E-state index contributed by atoms with van der Waals surface area (Å²) in [5.41, 5.74) is 1.88. The van der Waals surface area contributed by atoms with Crippen LogP contribution in [0.15, 0.2) is 12.1 Å². The van der Waals surface area contributed by atoms with Crippen LogP contribution in [0.3, 0.4) is 0 Å². The Hall–Kier alpha value is -2.19. The molecule has 0 atom stereocenters. The Kier molecular flexibility index (Phi) is 4.44. The highest BCUT2D eigenvalue weighted by Gasteiger charge is 2.29. The zero-order valence-electron chi connectivity index (χ0n) is 13.7. The summed E-state index contributed by atoms with van der Waals surface area (Å²) in [6.45, 7) is 7.77. The van der Waals surface area contributed by atoms with Crippen LogP contribution < -0.4 is 10.1 Å². The summed E-state index contributed by atoms with van der Waals surface area (Å²) in [7, 11) is 1.55. The normalized spacial score (nSPS) is 17.0. The zero-order chi connectivity index (χ0) is 16.4. The van der Waals surface area contributed by atoms with Gasteiger partial charge in [-0.15, -0.1) is 5.10 Å². The third-order valence-electron chi connectivity index (χ3n) is 4.22. The number of likely N-dealkylation sites (N-methyl/N-ethyl adjacent to an activating group) is 2. The molecule has 2 aromatic rings. The van der Waals surface area contributed by atoms with Crippen LogP contribution in [-0.4, -0.2) is 70.7 Å². The van der Waals surface area contributed by atoms with Gasteiger partial charge in [0.25, 0.3) is 5.91 Å². The molecule has 1 amide bonds. The highest BCUT2D eigenvalue weighted by atomic mass is 16.5. The summed E-state index contributed by atoms with van der Waals surface area (Å²) < 4.78 is 5.33. The van der Waals surface area contributed by atoms with E-state index in [0.717, 1.165) is 26.2 Å². The van der Waals surface area contributed by atoms with Gasteiger partial charge < -0.3 is 10.1 Å². The van der Waals surface area contributed by atoms with Crippen LogP contribution in [0.5, 0.6) is 5.75 Å². The van der Waals surface area contributed by atoms with Gasteiger partial charge in [-0.25, -0.2) is 10.0 Å². The molecular weight excluding hydrogens is 296 g/mol. The maximum Gasteiger partial charge on any atom is 0.255 e. The molecule has 0 bridgehead atoms. The number of carbonyl (C=O) groups excluding carboxylic acids is 1. The van der Waals surface area contributed by atoms with E-state index < -0.39 is 0 Å². The Labute approximate surface area is 134 Å². The molecule has 23 heavy (non-hydrogen) atoms. The molecule has 8 nitrogen and oxygen atoms in total. The fraction of sp³-hybridized carbons (Fsp3) is 0.533. The molecule has 1 fully saturated rings. The number of rotatable bonds is 5. The lowest BCUT2D eigenvalue weighted by molar-refractivity contribution is 0.0388. The minimum absolute atomic E-state index is 0.0997. The van der Waals surface area contributed by atoms with Gasteiger partial charge in [0.2, 0.25) is 0 Å². The molecule has 0 aliphatic carbocycles. The van der Waals surface area contributed by atoms with Gasteiger partial charge in [0.05, 0.1) is 24.2 Å². The summed E-state index contributed by atoms with van der Waals surface area (Å²) in [5, 5.41) is 18.1. The van der Waals surface area contributed by atoms with E-state index in [-0.39, 0.29) is 11.9 Å². The second-order valence-corrected chi connectivity index (χ2v) is 5.56. The van der Waals surface area contributed by atoms with Gasteiger partial charge >= 0.3 is 0 Å². The van der Waals surface area contributed by atoms with Crippen LogP contribution in [-0.2, 0) is 0 Å². The lowest BCUT2D eigenvalue weighted by Gasteiger charge is -2.24. The number of methoxy groups -OCH3 is 1. The lowest BCUT2D eigenvalue weighted by atomic mass is 10.1. The van der Waals surface area contributed by atoms with Crippen molar-refractivity contribution in [2.24, 2.45) is 0 Å². The number of benzene rings is 1. The number of hydrogen-bond donors (Lipinski definition) is 2. The van der Waals surface area contributed by atoms with E-state index >= 15 is 0 Å². The maximum atomic E-state index is 12.7. The molecule has 1 aromatic heterocycles. The van der Waals surface area contributed by atoms with Crippen LogP contribution in [0.4, 0.5) is 0 Å². The Morgan fingerprint density at radius 1 is 1.35 bits per heavy atom. The van der Waals surface area contributed by atoms with Crippen molar-refractivity contribution >= 4 is 16.9 Å². The van der Waals surface area contributed by atoms with Gasteiger partial charge in [-0.3, -0.25) is 9.89 Å². The van der Waals surface area contributed by atoms with Crippen molar-refractivity contribution in [1.82, 2.24) is 30.7 Å². The van der Waals surface area contributed by atoms with Crippen molar-refractivity contribution < 1.29 is 9.53 Å². The van der Waals surface area contributed by atoms with Crippen molar-refractivity contribution in [3.05, 3.63) is 17.7 Å². The molecule has 124 valence electrons. The predicted octanol–water partition coefficient (Wildman–Crippen LogP) is 0.637. The molecule has 0 unspecified atom stereocenters. The second-order valence-electron chi connectivity index (χ2n) is 5.56. The van der Waals surface area contributed by atoms with Crippen LogP contribution in [0.1, 0.15) is 24.2 Å². The number of aromatic amines is 1. The summed E-state index contributed by atoms with van der Waals surface area (Å²) >= 11 is 0. The van der Waals surface area contributed by atoms with Gasteiger partial charge in [-0.05, 0) is 6.07 Å². The van der Waals surface area contributed by atoms with Crippen molar-refractivity contribution in [3.8, 4) is 5.75 Å². The SMILES string of the molecule is CCN1CC(NC(=O)c2cc3[nH]nnc3cc2OC)CN1CC. The lowest BCUT2D eigenvalue weighted by Crippen LogP contribution is -2.38. The van der Waals surface area contributed by atoms with Gasteiger partial charge in [0, 0.05) is 32.2 Å². The summed E-state index contributed by atoms with van der Waals surface area (Å²) in [4.78, 5) is 12.7. The van der Waals surface area contributed by atoms with E-state index in [9.17, 15) is 4.79 Å². The summed E-state index contributed by atoms with van der Waals surface area (Å²) in [6, 6.07) is 3.55. The first-order valence-electron chi connectivity index (χ1n) is 7.85. The van der Waals surface area contributed by atoms with Crippen molar-refractivity contribution in [3.63, 3.8) is 0 Å². The molecule has 1 aliphatic heterocycles.